The third-order valence-electron chi connectivity index (χ3n) is 3.48. The van der Waals surface area contributed by atoms with Crippen LogP contribution in [0.3, 0.4) is 0 Å². The Morgan fingerprint density at radius 2 is 2.00 bits per heavy atom. The lowest BCUT2D eigenvalue weighted by Crippen LogP contribution is -2.29. The number of hydrogen-bond acceptors (Lipinski definition) is 4. The Kier molecular flexibility index (Phi) is 2.69. The number of carbonyl (C=O) groups is 1. The summed E-state index contributed by atoms with van der Waals surface area (Å²) < 4.78 is 0. The maximum Gasteiger partial charge on any atom is 0.256 e. The van der Waals surface area contributed by atoms with E-state index in [9.17, 15) is 15.0 Å². The van der Waals surface area contributed by atoms with Crippen LogP contribution >= 0.6 is 0 Å². The van der Waals surface area contributed by atoms with Crippen LogP contribution in [0.5, 0.6) is 0 Å². The Hall–Kier alpha value is -2.05. The summed E-state index contributed by atoms with van der Waals surface area (Å²) in [6, 6.07) is 5.29. The Labute approximate surface area is 109 Å². The number of nitrogens with zero attached hydrogens (tertiary/aromatic N) is 1. The van der Waals surface area contributed by atoms with Gasteiger partial charge in [-0.1, -0.05) is 0 Å². The molecular weight excluding hydrogens is 246 g/mol. The number of rotatable bonds is 1. The van der Waals surface area contributed by atoms with E-state index >= 15 is 0 Å². The van der Waals surface area contributed by atoms with Crippen molar-refractivity contribution in [2.24, 2.45) is 0 Å². The number of likely N-dealkylation sites (tertiary alicyclic amines) is 1. The number of aromatic amines is 1. The third-order valence-corrected chi connectivity index (χ3v) is 3.48. The second-order valence-electron chi connectivity index (χ2n) is 4.85. The van der Waals surface area contributed by atoms with E-state index in [0.29, 0.717) is 11.3 Å². The lowest BCUT2D eigenvalue weighted by molar-refractivity contribution is 0.0572. The molecule has 1 amide bonds. The van der Waals surface area contributed by atoms with Gasteiger partial charge in [0.15, 0.2) is 0 Å². The van der Waals surface area contributed by atoms with Crippen molar-refractivity contribution in [1.29, 1.82) is 0 Å². The summed E-state index contributed by atoms with van der Waals surface area (Å²) >= 11 is 0. The van der Waals surface area contributed by atoms with Gasteiger partial charge in [-0.3, -0.25) is 4.79 Å². The van der Waals surface area contributed by atoms with E-state index in [2.05, 4.69) is 4.98 Å². The topological polar surface area (TPSA) is 103 Å². The predicted molar refractivity (Wildman–Crippen MR) is 70.6 cm³/mol. The number of fused-ring (bicyclic) bond motifs is 1. The summed E-state index contributed by atoms with van der Waals surface area (Å²) in [5.41, 5.74) is 7.63. The summed E-state index contributed by atoms with van der Waals surface area (Å²) in [6.07, 6.45) is -0.113. The van der Waals surface area contributed by atoms with Crippen molar-refractivity contribution in [2.75, 3.05) is 18.8 Å². The number of H-pyrrole nitrogens is 1. The summed E-state index contributed by atoms with van der Waals surface area (Å²) in [7, 11) is 0. The molecule has 2 aromatic rings. The Morgan fingerprint density at radius 1 is 1.32 bits per heavy atom. The number of aromatic nitrogens is 1. The number of aliphatic hydroxyl groups is 2. The molecule has 1 aromatic heterocycles. The molecule has 0 saturated carbocycles. The third kappa shape index (κ3) is 1.94. The van der Waals surface area contributed by atoms with E-state index in [1.54, 1.807) is 24.4 Å². The highest BCUT2D eigenvalue weighted by Crippen LogP contribution is 2.23. The van der Waals surface area contributed by atoms with Crippen LogP contribution in [-0.2, 0) is 0 Å². The van der Waals surface area contributed by atoms with Crippen molar-refractivity contribution in [3.05, 3.63) is 30.0 Å². The molecule has 5 N–H and O–H groups in total. The molecule has 1 aromatic carbocycles. The van der Waals surface area contributed by atoms with Gasteiger partial charge in [-0.15, -0.1) is 0 Å². The van der Waals surface area contributed by atoms with Gasteiger partial charge in [-0.05, 0) is 18.2 Å². The molecule has 100 valence electrons. The van der Waals surface area contributed by atoms with E-state index in [0.717, 1.165) is 10.9 Å². The van der Waals surface area contributed by atoms with Gasteiger partial charge in [0.05, 0.1) is 17.8 Å². The molecule has 19 heavy (non-hydrogen) atoms. The second kappa shape index (κ2) is 4.25. The first kappa shape index (κ1) is 12.0. The number of nitrogens with two attached hydrogens (primary N) is 1. The van der Waals surface area contributed by atoms with Crippen molar-refractivity contribution < 1.29 is 15.0 Å². The molecule has 2 atom stereocenters. The van der Waals surface area contributed by atoms with Gasteiger partial charge < -0.3 is 25.8 Å². The van der Waals surface area contributed by atoms with E-state index in [-0.39, 0.29) is 19.0 Å². The minimum Gasteiger partial charge on any atom is -0.399 e. The zero-order valence-corrected chi connectivity index (χ0v) is 10.2. The fourth-order valence-electron chi connectivity index (χ4n) is 2.43. The van der Waals surface area contributed by atoms with Gasteiger partial charge in [0.25, 0.3) is 5.91 Å². The molecule has 0 aliphatic carbocycles. The molecule has 3 rings (SSSR count). The number of nitrogen functional groups attached to an aromatic ring is 1. The van der Waals surface area contributed by atoms with Gasteiger partial charge >= 0.3 is 0 Å². The molecule has 1 saturated heterocycles. The van der Waals surface area contributed by atoms with Crippen LogP contribution in [0.2, 0.25) is 0 Å². The Morgan fingerprint density at radius 3 is 2.68 bits per heavy atom. The minimum absolute atomic E-state index is 0.154. The molecular formula is C13H15N3O3. The minimum atomic E-state index is -0.871. The van der Waals surface area contributed by atoms with Crippen LogP contribution in [0.15, 0.2) is 24.4 Å². The zero-order chi connectivity index (χ0) is 13.6. The molecule has 1 aliphatic rings. The Balaban J connectivity index is 1.94. The summed E-state index contributed by atoms with van der Waals surface area (Å²) in [5, 5.41) is 19.8. The van der Waals surface area contributed by atoms with Crippen LogP contribution < -0.4 is 5.73 Å². The van der Waals surface area contributed by atoms with E-state index in [4.69, 9.17) is 5.73 Å². The standard InChI is InChI=1S/C13H15N3O3/c14-7-1-2-8-9(4-15-10(8)3-7)13(19)16-5-11(17)12(18)6-16/h1-4,11-12,15,17-18H,5-6,14H2. The molecule has 2 unspecified atom stereocenters. The largest absolute Gasteiger partial charge is 0.399 e. The molecule has 0 bridgehead atoms. The first-order valence-corrected chi connectivity index (χ1v) is 6.08. The molecule has 6 heteroatoms. The second-order valence-corrected chi connectivity index (χ2v) is 4.85. The number of amides is 1. The van der Waals surface area contributed by atoms with Crippen LogP contribution in [0.25, 0.3) is 10.9 Å². The fourth-order valence-corrected chi connectivity index (χ4v) is 2.43. The molecule has 2 heterocycles. The number of benzene rings is 1. The number of β-amino-alcohol motifs (C(OH)–C–C–N with tert-alkyl or cyclic N) is 2. The lowest BCUT2D eigenvalue weighted by atomic mass is 10.1. The quantitative estimate of drug-likeness (QED) is 0.539. The average molecular weight is 261 g/mol. The van der Waals surface area contributed by atoms with Crippen LogP contribution in [0.1, 0.15) is 10.4 Å². The van der Waals surface area contributed by atoms with Gasteiger partial charge in [-0.25, -0.2) is 0 Å². The molecule has 0 spiro atoms. The predicted octanol–water partition coefficient (Wildman–Crippen LogP) is -0.0723. The smallest absolute Gasteiger partial charge is 0.256 e. The van der Waals surface area contributed by atoms with Crippen molar-refractivity contribution in [2.45, 2.75) is 12.2 Å². The SMILES string of the molecule is Nc1ccc2c(C(=O)N3CC(O)C(O)C3)c[nH]c2c1. The van der Waals surface area contributed by atoms with E-state index in [1.165, 1.54) is 4.90 Å². The highest BCUT2D eigenvalue weighted by Gasteiger charge is 2.33. The van der Waals surface area contributed by atoms with Crippen molar-refractivity contribution in [3.8, 4) is 0 Å². The van der Waals surface area contributed by atoms with Crippen molar-refractivity contribution >= 4 is 22.5 Å². The molecule has 6 nitrogen and oxygen atoms in total. The fraction of sp³-hybridized carbons (Fsp3) is 0.308. The zero-order valence-electron chi connectivity index (χ0n) is 10.2. The number of carbonyl (C=O) groups excluding carboxylic acids is 1. The van der Waals surface area contributed by atoms with Crippen LogP contribution in [0, 0.1) is 0 Å². The van der Waals surface area contributed by atoms with Crippen molar-refractivity contribution in [1.82, 2.24) is 9.88 Å². The van der Waals surface area contributed by atoms with Gasteiger partial charge in [-0.2, -0.15) is 0 Å². The number of aliphatic hydroxyl groups excluding tert-OH is 2. The van der Waals surface area contributed by atoms with E-state index < -0.39 is 12.2 Å². The average Bonchev–Trinajstić information content (AvgIpc) is 2.93. The van der Waals surface area contributed by atoms with Gasteiger partial charge in [0, 0.05) is 35.9 Å². The summed E-state index contributed by atoms with van der Waals surface area (Å²) in [6.45, 7) is 0.309. The van der Waals surface area contributed by atoms with Gasteiger partial charge in [0.1, 0.15) is 0 Å². The van der Waals surface area contributed by atoms with Crippen molar-refractivity contribution in [3.63, 3.8) is 0 Å². The monoisotopic (exact) mass is 261 g/mol. The first-order chi connectivity index (χ1) is 9.06. The maximum atomic E-state index is 12.4. The van der Waals surface area contributed by atoms with Gasteiger partial charge in [0.2, 0.25) is 0 Å². The lowest BCUT2D eigenvalue weighted by Gasteiger charge is -2.14. The summed E-state index contributed by atoms with van der Waals surface area (Å²) in [5.74, 6) is -0.202. The van der Waals surface area contributed by atoms with Crippen LogP contribution in [0.4, 0.5) is 5.69 Å². The van der Waals surface area contributed by atoms with Crippen LogP contribution in [-0.4, -0.2) is 51.3 Å². The normalized spacial score (nSPS) is 23.2. The molecule has 1 aliphatic heterocycles. The maximum absolute atomic E-state index is 12.4. The highest BCUT2D eigenvalue weighted by atomic mass is 16.3. The number of nitrogens with one attached hydrogen (secondary N) is 1. The number of hydrogen-bond donors (Lipinski definition) is 4. The first-order valence-electron chi connectivity index (χ1n) is 6.08. The highest BCUT2D eigenvalue weighted by molar-refractivity contribution is 6.07. The summed E-state index contributed by atoms with van der Waals surface area (Å²) in [4.78, 5) is 16.8. The molecule has 1 fully saturated rings. The Bertz CT molecular complexity index is 627. The van der Waals surface area contributed by atoms with E-state index in [1.807, 2.05) is 0 Å². The number of anilines is 1. The molecule has 0 radical (unpaired) electrons.